The smallest absolute Gasteiger partial charge is 0.407 e. The number of alkyl carbamates (subject to hydrolysis) is 1. The van der Waals surface area contributed by atoms with Crippen molar-refractivity contribution in [3.05, 3.63) is 24.0 Å². The van der Waals surface area contributed by atoms with E-state index in [2.05, 4.69) is 15.6 Å². The summed E-state index contributed by atoms with van der Waals surface area (Å²) in [4.78, 5) is 26.6. The molecular weight excluding hydrogens is 270 g/mol. The van der Waals surface area contributed by atoms with Gasteiger partial charge in [0, 0.05) is 18.8 Å². The minimum absolute atomic E-state index is 0.0617. The van der Waals surface area contributed by atoms with Crippen LogP contribution in [0.1, 0.15) is 44.1 Å². The zero-order valence-electron chi connectivity index (χ0n) is 12.7. The van der Waals surface area contributed by atoms with E-state index in [-0.39, 0.29) is 11.9 Å². The van der Waals surface area contributed by atoms with Crippen LogP contribution in [0.2, 0.25) is 0 Å². The molecule has 0 radical (unpaired) electrons. The number of H-pyrrole nitrogens is 1. The van der Waals surface area contributed by atoms with Crippen LogP contribution in [0.25, 0.3) is 0 Å². The Morgan fingerprint density at radius 1 is 1.43 bits per heavy atom. The number of hydrogen-bond donors (Lipinski definition) is 3. The lowest BCUT2D eigenvalue weighted by atomic mass is 10.1. The Morgan fingerprint density at radius 3 is 2.67 bits per heavy atom. The average molecular weight is 293 g/mol. The fourth-order valence-electron chi connectivity index (χ4n) is 2.06. The molecule has 0 spiro atoms. The highest BCUT2D eigenvalue weighted by Crippen LogP contribution is 2.32. The number of aromatic amines is 1. The molecule has 0 aliphatic heterocycles. The maximum absolute atomic E-state index is 12.0. The highest BCUT2D eigenvalue weighted by atomic mass is 16.6. The predicted octanol–water partition coefficient (Wildman–Crippen LogP) is 2.05. The Kier molecular flexibility index (Phi) is 4.55. The summed E-state index contributed by atoms with van der Waals surface area (Å²) in [6, 6.07) is 3.44. The van der Waals surface area contributed by atoms with Gasteiger partial charge >= 0.3 is 6.09 Å². The zero-order valence-corrected chi connectivity index (χ0v) is 12.7. The van der Waals surface area contributed by atoms with Crippen LogP contribution < -0.4 is 10.6 Å². The van der Waals surface area contributed by atoms with E-state index >= 15 is 0 Å². The topological polar surface area (TPSA) is 83.2 Å². The molecule has 1 unspecified atom stereocenters. The van der Waals surface area contributed by atoms with Crippen LogP contribution in [0.3, 0.4) is 0 Å². The van der Waals surface area contributed by atoms with Gasteiger partial charge in [-0.15, -0.1) is 0 Å². The van der Waals surface area contributed by atoms with Gasteiger partial charge in [0.25, 0.3) is 5.91 Å². The third kappa shape index (κ3) is 5.13. The second-order valence-corrected chi connectivity index (χ2v) is 6.38. The largest absolute Gasteiger partial charge is 0.444 e. The predicted molar refractivity (Wildman–Crippen MR) is 79.0 cm³/mol. The summed E-state index contributed by atoms with van der Waals surface area (Å²) in [5.41, 5.74) is 0.00468. The highest BCUT2D eigenvalue weighted by Gasteiger charge is 2.33. The molecule has 1 aromatic rings. The SMILES string of the molecule is CC(C)(C)OC(=O)NCC(NC(=O)c1ccc[nH]1)C1CC1. The standard InChI is InChI=1S/C15H23N3O3/c1-15(2,3)21-14(20)17-9-12(10-6-7-10)18-13(19)11-5-4-8-16-11/h4-5,8,10,12,16H,6-7,9H2,1-3H3,(H,17,20)(H,18,19). The van der Waals surface area contributed by atoms with Crippen molar-refractivity contribution in [3.63, 3.8) is 0 Å². The molecule has 21 heavy (non-hydrogen) atoms. The first-order valence-corrected chi connectivity index (χ1v) is 7.26. The number of carbonyl (C=O) groups excluding carboxylic acids is 2. The summed E-state index contributed by atoms with van der Waals surface area (Å²) in [6.07, 6.45) is 3.40. The number of rotatable bonds is 5. The molecule has 1 heterocycles. The van der Waals surface area contributed by atoms with Gasteiger partial charge in [-0.2, -0.15) is 0 Å². The average Bonchev–Trinajstić information content (AvgIpc) is 3.06. The van der Waals surface area contributed by atoms with Crippen molar-refractivity contribution in [2.24, 2.45) is 5.92 Å². The summed E-state index contributed by atoms with van der Waals surface area (Å²) in [5, 5.41) is 5.68. The van der Waals surface area contributed by atoms with Crippen LogP contribution in [0.4, 0.5) is 4.79 Å². The Hall–Kier alpha value is -1.98. The van der Waals surface area contributed by atoms with Crippen LogP contribution in [0.5, 0.6) is 0 Å². The fourth-order valence-corrected chi connectivity index (χ4v) is 2.06. The van der Waals surface area contributed by atoms with E-state index < -0.39 is 11.7 Å². The van der Waals surface area contributed by atoms with E-state index in [1.807, 2.05) is 20.8 Å². The van der Waals surface area contributed by atoms with Gasteiger partial charge < -0.3 is 20.4 Å². The normalized spacial score (nSPS) is 16.1. The van der Waals surface area contributed by atoms with Crippen molar-refractivity contribution in [1.82, 2.24) is 15.6 Å². The van der Waals surface area contributed by atoms with E-state index in [0.717, 1.165) is 12.8 Å². The highest BCUT2D eigenvalue weighted by molar-refractivity contribution is 5.92. The molecule has 1 atom stereocenters. The number of ether oxygens (including phenoxy) is 1. The van der Waals surface area contributed by atoms with Gasteiger partial charge in [0.15, 0.2) is 0 Å². The lowest BCUT2D eigenvalue weighted by Gasteiger charge is -2.22. The third-order valence-electron chi connectivity index (χ3n) is 3.22. The van der Waals surface area contributed by atoms with Crippen molar-refractivity contribution >= 4 is 12.0 Å². The van der Waals surface area contributed by atoms with Crippen molar-refractivity contribution < 1.29 is 14.3 Å². The van der Waals surface area contributed by atoms with Crippen molar-refractivity contribution in [1.29, 1.82) is 0 Å². The second kappa shape index (κ2) is 6.20. The van der Waals surface area contributed by atoms with Gasteiger partial charge in [0.1, 0.15) is 11.3 Å². The van der Waals surface area contributed by atoms with E-state index in [9.17, 15) is 9.59 Å². The molecule has 1 aromatic heterocycles. The summed E-state index contributed by atoms with van der Waals surface area (Å²) < 4.78 is 5.20. The number of nitrogens with one attached hydrogen (secondary N) is 3. The van der Waals surface area contributed by atoms with Crippen LogP contribution in [0, 0.1) is 5.92 Å². The molecule has 2 rings (SSSR count). The van der Waals surface area contributed by atoms with Crippen LogP contribution in [0.15, 0.2) is 18.3 Å². The zero-order chi connectivity index (χ0) is 15.5. The van der Waals surface area contributed by atoms with E-state index in [1.54, 1.807) is 18.3 Å². The van der Waals surface area contributed by atoms with Gasteiger partial charge in [-0.3, -0.25) is 4.79 Å². The number of aromatic nitrogens is 1. The first-order valence-electron chi connectivity index (χ1n) is 7.26. The number of hydrogen-bond acceptors (Lipinski definition) is 3. The molecule has 0 aromatic carbocycles. The molecule has 3 N–H and O–H groups in total. The minimum Gasteiger partial charge on any atom is -0.444 e. The maximum atomic E-state index is 12.0. The fraction of sp³-hybridized carbons (Fsp3) is 0.600. The summed E-state index contributed by atoms with van der Waals surface area (Å²) >= 11 is 0. The van der Waals surface area contributed by atoms with Gasteiger partial charge in [0.05, 0.1) is 0 Å². The minimum atomic E-state index is -0.521. The van der Waals surface area contributed by atoms with Crippen LogP contribution >= 0.6 is 0 Å². The quantitative estimate of drug-likeness (QED) is 0.777. The lowest BCUT2D eigenvalue weighted by Crippen LogP contribution is -2.46. The maximum Gasteiger partial charge on any atom is 0.407 e. The van der Waals surface area contributed by atoms with E-state index in [1.165, 1.54) is 0 Å². The molecule has 0 saturated heterocycles. The molecule has 1 aliphatic rings. The van der Waals surface area contributed by atoms with Gasteiger partial charge in [-0.25, -0.2) is 4.79 Å². The van der Waals surface area contributed by atoms with Gasteiger partial charge in [-0.1, -0.05) is 0 Å². The van der Waals surface area contributed by atoms with Gasteiger partial charge in [0.2, 0.25) is 0 Å². The first kappa shape index (κ1) is 15.4. The number of amides is 2. The Bertz CT molecular complexity index is 487. The second-order valence-electron chi connectivity index (χ2n) is 6.38. The third-order valence-corrected chi connectivity index (χ3v) is 3.22. The Labute approximate surface area is 124 Å². The molecule has 1 fully saturated rings. The summed E-state index contributed by atoms with van der Waals surface area (Å²) in [7, 11) is 0. The van der Waals surface area contributed by atoms with Crippen LogP contribution in [-0.2, 0) is 4.74 Å². The molecule has 1 saturated carbocycles. The van der Waals surface area contributed by atoms with Crippen molar-refractivity contribution in [2.75, 3.05) is 6.54 Å². The monoisotopic (exact) mass is 293 g/mol. The molecule has 6 nitrogen and oxygen atoms in total. The molecule has 0 bridgehead atoms. The van der Waals surface area contributed by atoms with Gasteiger partial charge in [-0.05, 0) is 51.7 Å². The van der Waals surface area contributed by atoms with Crippen LogP contribution in [-0.4, -0.2) is 35.2 Å². The van der Waals surface area contributed by atoms with E-state index in [4.69, 9.17) is 4.74 Å². The lowest BCUT2D eigenvalue weighted by molar-refractivity contribution is 0.0518. The Balaban J connectivity index is 1.83. The van der Waals surface area contributed by atoms with Crippen molar-refractivity contribution in [2.45, 2.75) is 45.3 Å². The molecule has 2 amide bonds. The van der Waals surface area contributed by atoms with E-state index in [0.29, 0.717) is 18.2 Å². The molecule has 6 heteroatoms. The Morgan fingerprint density at radius 2 is 2.14 bits per heavy atom. The molecule has 116 valence electrons. The molecule has 1 aliphatic carbocycles. The number of carbonyl (C=O) groups is 2. The van der Waals surface area contributed by atoms with Crippen molar-refractivity contribution in [3.8, 4) is 0 Å². The first-order chi connectivity index (χ1) is 9.85. The molecular formula is C15H23N3O3. The summed E-state index contributed by atoms with van der Waals surface area (Å²) in [5.74, 6) is 0.279. The summed E-state index contributed by atoms with van der Waals surface area (Å²) in [6.45, 7) is 5.83.